The van der Waals surface area contributed by atoms with E-state index >= 15 is 0 Å². The smallest absolute Gasteiger partial charge is 0.372 e. The topological polar surface area (TPSA) is 50.4 Å². The molecule has 1 aliphatic carbocycles. The molecule has 3 heteroatoms. The monoisotopic (exact) mass is 286 g/mol. The van der Waals surface area contributed by atoms with Gasteiger partial charge < -0.3 is 9.52 Å². The number of carbonyl (C=O) groups is 1. The molecule has 3 nitrogen and oxygen atoms in total. The quantitative estimate of drug-likeness (QED) is 0.875. The minimum Gasteiger partial charge on any atom is -0.475 e. The van der Waals surface area contributed by atoms with Crippen LogP contribution < -0.4 is 0 Å². The molecule has 1 saturated carbocycles. The first-order valence-corrected chi connectivity index (χ1v) is 7.66. The normalized spacial score (nSPS) is 15.6. The summed E-state index contributed by atoms with van der Waals surface area (Å²) in [4.78, 5) is 11.5. The molecule has 1 aromatic heterocycles. The third-order valence-corrected chi connectivity index (χ3v) is 4.28. The van der Waals surface area contributed by atoms with Gasteiger partial charge >= 0.3 is 5.97 Å². The van der Waals surface area contributed by atoms with Crippen LogP contribution in [-0.4, -0.2) is 11.1 Å². The number of aryl methyl sites for hydroxylation is 1. The maximum atomic E-state index is 11.5. The van der Waals surface area contributed by atoms with Crippen molar-refractivity contribution in [1.82, 2.24) is 0 Å². The van der Waals surface area contributed by atoms with Gasteiger partial charge in [-0.05, 0) is 42.2 Å². The van der Waals surface area contributed by atoms with Gasteiger partial charge in [-0.1, -0.05) is 33.8 Å². The summed E-state index contributed by atoms with van der Waals surface area (Å²) in [6.45, 7) is 8.55. The molecule has 1 N–H and O–H groups in total. The van der Waals surface area contributed by atoms with Crippen molar-refractivity contribution in [2.24, 2.45) is 0 Å². The maximum absolute atomic E-state index is 11.5. The van der Waals surface area contributed by atoms with Gasteiger partial charge in [0.15, 0.2) is 0 Å². The minimum absolute atomic E-state index is 0.0715. The van der Waals surface area contributed by atoms with Crippen molar-refractivity contribution in [1.29, 1.82) is 0 Å². The fourth-order valence-electron chi connectivity index (χ4n) is 2.98. The summed E-state index contributed by atoms with van der Waals surface area (Å²) < 4.78 is 5.82. The lowest BCUT2D eigenvalue weighted by molar-refractivity contribution is 0.0663. The van der Waals surface area contributed by atoms with E-state index in [4.69, 9.17) is 4.42 Å². The molecule has 1 aromatic carbocycles. The van der Waals surface area contributed by atoms with E-state index in [0.717, 1.165) is 41.4 Å². The number of benzene rings is 1. The number of aromatic carboxylic acids is 1. The molecule has 0 aliphatic heterocycles. The highest BCUT2D eigenvalue weighted by Crippen LogP contribution is 2.48. The first-order valence-electron chi connectivity index (χ1n) is 7.66. The van der Waals surface area contributed by atoms with Crippen molar-refractivity contribution in [3.05, 3.63) is 34.6 Å². The maximum Gasteiger partial charge on any atom is 0.372 e. The number of hydrogen-bond donors (Lipinski definition) is 1. The number of rotatable bonds is 3. The number of fused-ring (bicyclic) bond motifs is 1. The zero-order valence-electron chi connectivity index (χ0n) is 13.1. The number of hydrogen-bond acceptors (Lipinski definition) is 2. The molecule has 2 aromatic rings. The number of carboxylic acid groups (broad SMARTS) is 1. The first kappa shape index (κ1) is 14.2. The lowest BCUT2D eigenvalue weighted by Gasteiger charge is -2.20. The fraction of sp³-hybridized carbons (Fsp3) is 0.500. The van der Waals surface area contributed by atoms with Gasteiger partial charge in [-0.3, -0.25) is 0 Å². The van der Waals surface area contributed by atoms with E-state index in [-0.39, 0.29) is 11.2 Å². The highest BCUT2D eigenvalue weighted by Gasteiger charge is 2.35. The second kappa shape index (κ2) is 4.62. The highest BCUT2D eigenvalue weighted by atomic mass is 16.4. The van der Waals surface area contributed by atoms with E-state index in [1.54, 1.807) is 0 Å². The largest absolute Gasteiger partial charge is 0.475 e. The summed E-state index contributed by atoms with van der Waals surface area (Å²) in [5.74, 6) is -0.450. The molecular formula is C18H22O3. The van der Waals surface area contributed by atoms with Gasteiger partial charge in [0.05, 0.1) is 0 Å². The van der Waals surface area contributed by atoms with Crippen LogP contribution in [-0.2, 0) is 11.8 Å². The lowest BCUT2D eigenvalue weighted by Crippen LogP contribution is -2.12. The van der Waals surface area contributed by atoms with Crippen LogP contribution in [0.25, 0.3) is 11.0 Å². The molecule has 1 aliphatic rings. The van der Waals surface area contributed by atoms with Crippen LogP contribution in [0.1, 0.15) is 73.7 Å². The van der Waals surface area contributed by atoms with Crippen molar-refractivity contribution in [2.75, 3.05) is 0 Å². The minimum atomic E-state index is -0.953. The van der Waals surface area contributed by atoms with E-state index in [1.165, 1.54) is 5.56 Å². The molecule has 0 spiro atoms. The van der Waals surface area contributed by atoms with Crippen LogP contribution in [0, 0.1) is 0 Å². The first-order chi connectivity index (χ1) is 9.82. The average molecular weight is 286 g/mol. The molecule has 0 atom stereocenters. The second-order valence-electron chi connectivity index (χ2n) is 7.05. The van der Waals surface area contributed by atoms with Gasteiger partial charge in [0.25, 0.3) is 0 Å². The Morgan fingerprint density at radius 2 is 2.00 bits per heavy atom. The van der Waals surface area contributed by atoms with Gasteiger partial charge in [-0.2, -0.15) is 0 Å². The molecule has 0 bridgehead atoms. The van der Waals surface area contributed by atoms with Crippen molar-refractivity contribution >= 4 is 16.9 Å². The molecule has 3 rings (SSSR count). The van der Waals surface area contributed by atoms with Gasteiger partial charge in [0, 0.05) is 16.5 Å². The van der Waals surface area contributed by atoms with Crippen molar-refractivity contribution in [3.63, 3.8) is 0 Å². The molecule has 1 heterocycles. The van der Waals surface area contributed by atoms with Crippen molar-refractivity contribution in [3.8, 4) is 0 Å². The fourth-order valence-corrected chi connectivity index (χ4v) is 2.98. The molecule has 0 amide bonds. The van der Waals surface area contributed by atoms with Crippen LogP contribution in [0.2, 0.25) is 0 Å². The van der Waals surface area contributed by atoms with Crippen LogP contribution in [0.3, 0.4) is 0 Å². The summed E-state index contributed by atoms with van der Waals surface area (Å²) in [7, 11) is 0. The summed E-state index contributed by atoms with van der Waals surface area (Å²) in [5.41, 5.74) is 3.95. The second-order valence-corrected chi connectivity index (χ2v) is 7.05. The average Bonchev–Trinajstić information content (AvgIpc) is 3.16. The Morgan fingerprint density at radius 3 is 2.48 bits per heavy atom. The predicted molar refractivity (Wildman–Crippen MR) is 83.2 cm³/mol. The zero-order chi connectivity index (χ0) is 15.4. The van der Waals surface area contributed by atoms with Crippen molar-refractivity contribution in [2.45, 2.75) is 58.3 Å². The van der Waals surface area contributed by atoms with Crippen LogP contribution in [0.5, 0.6) is 0 Å². The molecule has 0 radical (unpaired) electrons. The molecule has 0 unspecified atom stereocenters. The third kappa shape index (κ3) is 2.35. The Hall–Kier alpha value is -1.77. The van der Waals surface area contributed by atoms with E-state index in [1.807, 2.05) is 0 Å². The Morgan fingerprint density at radius 1 is 1.33 bits per heavy atom. The van der Waals surface area contributed by atoms with Crippen LogP contribution >= 0.6 is 0 Å². The van der Waals surface area contributed by atoms with Gasteiger partial charge in [0.1, 0.15) is 5.58 Å². The van der Waals surface area contributed by atoms with E-state index < -0.39 is 5.97 Å². The standard InChI is InChI=1S/C18H22O3/c1-5-10-8-12-14(11-6-7-11)16(17(19)20)21-15(12)13(9-10)18(2,3)4/h8-9,11H,5-7H2,1-4H3,(H,19,20). The molecular weight excluding hydrogens is 264 g/mol. The third-order valence-electron chi connectivity index (χ3n) is 4.28. The SMILES string of the molecule is CCc1cc(C(C)(C)C)c2oc(C(=O)O)c(C3CC3)c2c1. The Bertz CT molecular complexity index is 712. The lowest BCUT2D eigenvalue weighted by atomic mass is 9.84. The van der Waals surface area contributed by atoms with Crippen molar-refractivity contribution < 1.29 is 14.3 Å². The molecule has 21 heavy (non-hydrogen) atoms. The van der Waals surface area contributed by atoms with Crippen LogP contribution in [0.15, 0.2) is 16.5 Å². The summed E-state index contributed by atoms with van der Waals surface area (Å²) >= 11 is 0. The summed E-state index contributed by atoms with van der Waals surface area (Å²) in [5, 5.41) is 10.5. The number of furan rings is 1. The Balaban J connectivity index is 2.38. The molecule has 1 fully saturated rings. The van der Waals surface area contributed by atoms with E-state index in [9.17, 15) is 9.90 Å². The van der Waals surface area contributed by atoms with Gasteiger partial charge in [-0.15, -0.1) is 0 Å². The van der Waals surface area contributed by atoms with Gasteiger partial charge in [0.2, 0.25) is 5.76 Å². The Labute approximate surface area is 125 Å². The van der Waals surface area contributed by atoms with E-state index in [0.29, 0.717) is 5.92 Å². The molecule has 0 saturated heterocycles. The predicted octanol–water partition coefficient (Wildman–Crippen LogP) is 4.87. The van der Waals surface area contributed by atoms with Crippen LogP contribution in [0.4, 0.5) is 0 Å². The molecule has 112 valence electrons. The van der Waals surface area contributed by atoms with E-state index in [2.05, 4.69) is 39.8 Å². The zero-order valence-corrected chi connectivity index (χ0v) is 13.1. The Kier molecular flexibility index (Phi) is 3.12. The highest BCUT2D eigenvalue weighted by molar-refractivity contribution is 5.97. The van der Waals surface area contributed by atoms with Gasteiger partial charge in [-0.25, -0.2) is 4.79 Å². The summed E-state index contributed by atoms with van der Waals surface area (Å²) in [6, 6.07) is 4.28. The summed E-state index contributed by atoms with van der Waals surface area (Å²) in [6.07, 6.45) is 3.07. The number of carboxylic acids is 1.